The van der Waals surface area contributed by atoms with Crippen LogP contribution < -0.4 is 5.32 Å². The Hall–Kier alpha value is -1.07. The molecule has 1 N–H and O–H groups in total. The summed E-state index contributed by atoms with van der Waals surface area (Å²) in [4.78, 5) is 14.7. The summed E-state index contributed by atoms with van der Waals surface area (Å²) in [5.41, 5.74) is 2.61. The maximum atomic E-state index is 12.7. The normalized spacial score (nSPS) is 25.2. The summed E-state index contributed by atoms with van der Waals surface area (Å²) in [6, 6.07) is 0. The lowest BCUT2D eigenvalue weighted by Gasteiger charge is -2.34. The van der Waals surface area contributed by atoms with Crippen LogP contribution in [0.25, 0.3) is 0 Å². The minimum atomic E-state index is 0. The smallest absolute Gasteiger partial charge is 0.257 e. The van der Waals surface area contributed by atoms with Crippen LogP contribution in [0.1, 0.15) is 28.2 Å². The van der Waals surface area contributed by atoms with E-state index in [-0.39, 0.29) is 18.3 Å². The number of carbonyl (C=O) groups is 1. The van der Waals surface area contributed by atoms with Gasteiger partial charge in [-0.05, 0) is 45.2 Å². The van der Waals surface area contributed by atoms with E-state index in [1.54, 1.807) is 4.68 Å². The van der Waals surface area contributed by atoms with E-state index >= 15 is 0 Å². The third-order valence-electron chi connectivity index (χ3n) is 4.71. The van der Waals surface area contributed by atoms with Crippen molar-refractivity contribution in [2.45, 2.75) is 20.3 Å². The number of aryl methyl sites for hydroxylation is 2. The molecule has 0 spiro atoms. The Morgan fingerprint density at radius 2 is 2.00 bits per heavy atom. The van der Waals surface area contributed by atoms with Gasteiger partial charge in [0.05, 0.1) is 11.3 Å². The molecule has 2 aliphatic heterocycles. The molecule has 0 radical (unpaired) electrons. The van der Waals surface area contributed by atoms with Crippen LogP contribution in [0.2, 0.25) is 0 Å². The van der Waals surface area contributed by atoms with Gasteiger partial charge >= 0.3 is 0 Å². The van der Waals surface area contributed by atoms with Crippen LogP contribution >= 0.6 is 12.4 Å². The fourth-order valence-corrected chi connectivity index (χ4v) is 3.46. The summed E-state index contributed by atoms with van der Waals surface area (Å²) in [7, 11) is 1.90. The molecular weight excluding hydrogens is 276 g/mol. The molecule has 6 heteroatoms. The molecule has 0 aromatic carbocycles. The second-order valence-corrected chi connectivity index (χ2v) is 5.89. The molecule has 112 valence electrons. The maximum absolute atomic E-state index is 12.7. The Labute approximate surface area is 126 Å². The highest BCUT2D eigenvalue weighted by atomic mass is 35.5. The number of likely N-dealkylation sites (tertiary alicyclic amines) is 1. The van der Waals surface area contributed by atoms with Crippen molar-refractivity contribution in [2.75, 3.05) is 26.2 Å². The first kappa shape index (κ1) is 15.3. The number of halogens is 1. The second-order valence-electron chi connectivity index (χ2n) is 5.89. The molecular formula is C14H23ClN4O. The van der Waals surface area contributed by atoms with Crippen molar-refractivity contribution in [2.24, 2.45) is 18.9 Å². The van der Waals surface area contributed by atoms with Crippen molar-refractivity contribution < 1.29 is 4.79 Å². The molecule has 2 aliphatic rings. The number of amides is 1. The Morgan fingerprint density at radius 1 is 1.30 bits per heavy atom. The van der Waals surface area contributed by atoms with E-state index in [1.807, 2.05) is 25.8 Å². The minimum Gasteiger partial charge on any atom is -0.338 e. The highest BCUT2D eigenvalue weighted by Crippen LogP contribution is 2.28. The number of aromatic nitrogens is 2. The molecule has 0 aliphatic carbocycles. The van der Waals surface area contributed by atoms with Crippen LogP contribution in [0.15, 0.2) is 0 Å². The quantitative estimate of drug-likeness (QED) is 0.846. The monoisotopic (exact) mass is 298 g/mol. The number of fused-ring (bicyclic) bond motifs is 1. The Morgan fingerprint density at radius 3 is 2.65 bits per heavy atom. The third-order valence-corrected chi connectivity index (χ3v) is 4.71. The van der Waals surface area contributed by atoms with E-state index in [9.17, 15) is 4.79 Å². The predicted octanol–water partition coefficient (Wildman–Crippen LogP) is 1.14. The van der Waals surface area contributed by atoms with Crippen molar-refractivity contribution in [3.8, 4) is 0 Å². The van der Waals surface area contributed by atoms with Crippen molar-refractivity contribution in [1.82, 2.24) is 20.0 Å². The van der Waals surface area contributed by atoms with Crippen molar-refractivity contribution in [1.29, 1.82) is 0 Å². The topological polar surface area (TPSA) is 50.2 Å². The Kier molecular flexibility index (Phi) is 4.39. The van der Waals surface area contributed by atoms with Crippen LogP contribution in [-0.2, 0) is 7.05 Å². The van der Waals surface area contributed by atoms with Gasteiger partial charge in [0, 0.05) is 25.8 Å². The molecule has 0 bridgehead atoms. The van der Waals surface area contributed by atoms with Crippen LogP contribution in [0.5, 0.6) is 0 Å². The van der Waals surface area contributed by atoms with Gasteiger partial charge in [-0.15, -0.1) is 12.4 Å². The molecule has 1 aromatic heterocycles. The van der Waals surface area contributed by atoms with Gasteiger partial charge in [0.15, 0.2) is 0 Å². The van der Waals surface area contributed by atoms with E-state index in [1.165, 1.54) is 0 Å². The molecule has 5 nitrogen and oxygen atoms in total. The highest BCUT2D eigenvalue weighted by Gasteiger charge is 2.35. The highest BCUT2D eigenvalue weighted by molar-refractivity contribution is 5.96. The van der Waals surface area contributed by atoms with E-state index < -0.39 is 0 Å². The number of nitrogens with one attached hydrogen (secondary N) is 1. The van der Waals surface area contributed by atoms with E-state index in [0.717, 1.165) is 55.5 Å². The summed E-state index contributed by atoms with van der Waals surface area (Å²) in [5.74, 6) is 1.56. The van der Waals surface area contributed by atoms with Gasteiger partial charge in [-0.1, -0.05) is 0 Å². The van der Waals surface area contributed by atoms with Crippen LogP contribution in [0.3, 0.4) is 0 Å². The Bertz CT molecular complexity index is 514. The average Bonchev–Trinajstić information content (AvgIpc) is 2.94. The fraction of sp³-hybridized carbons (Fsp3) is 0.714. The third kappa shape index (κ3) is 2.44. The predicted molar refractivity (Wildman–Crippen MR) is 80.3 cm³/mol. The van der Waals surface area contributed by atoms with Gasteiger partial charge in [0.2, 0.25) is 0 Å². The molecule has 1 aromatic rings. The average molecular weight is 299 g/mol. The number of carbonyl (C=O) groups excluding carboxylic acids is 1. The summed E-state index contributed by atoms with van der Waals surface area (Å²) >= 11 is 0. The van der Waals surface area contributed by atoms with Crippen molar-refractivity contribution >= 4 is 18.3 Å². The van der Waals surface area contributed by atoms with Crippen LogP contribution in [0, 0.1) is 25.7 Å². The van der Waals surface area contributed by atoms with Gasteiger partial charge in [0.25, 0.3) is 5.91 Å². The van der Waals surface area contributed by atoms with Gasteiger partial charge in [0.1, 0.15) is 0 Å². The van der Waals surface area contributed by atoms with Gasteiger partial charge in [-0.25, -0.2) is 0 Å². The first-order chi connectivity index (χ1) is 9.08. The summed E-state index contributed by atoms with van der Waals surface area (Å²) in [6.07, 6.45) is 1.13. The van der Waals surface area contributed by atoms with Gasteiger partial charge < -0.3 is 10.2 Å². The SMILES string of the molecule is Cc1nn(C)c(C)c1C(=O)N1CCC2CNCC2C1.Cl. The van der Waals surface area contributed by atoms with Crippen molar-refractivity contribution in [3.05, 3.63) is 17.0 Å². The van der Waals surface area contributed by atoms with E-state index in [0.29, 0.717) is 5.92 Å². The Balaban J connectivity index is 0.00000147. The fourth-order valence-electron chi connectivity index (χ4n) is 3.46. The van der Waals surface area contributed by atoms with Gasteiger partial charge in [-0.2, -0.15) is 5.10 Å². The molecule has 0 saturated carbocycles. The first-order valence-corrected chi connectivity index (χ1v) is 7.08. The summed E-state index contributed by atoms with van der Waals surface area (Å²) in [5, 5.41) is 7.79. The van der Waals surface area contributed by atoms with E-state index in [4.69, 9.17) is 0 Å². The van der Waals surface area contributed by atoms with Gasteiger partial charge in [-0.3, -0.25) is 9.48 Å². The molecule has 2 fully saturated rings. The zero-order valence-corrected chi connectivity index (χ0v) is 13.2. The standard InChI is InChI=1S/C14H22N4O.ClH/c1-9-13(10(2)17(3)16-9)14(19)18-5-4-11-6-15-7-12(11)8-18;/h11-12,15H,4-8H2,1-3H3;1H. The summed E-state index contributed by atoms with van der Waals surface area (Å²) in [6.45, 7) is 7.85. The lowest BCUT2D eigenvalue weighted by Crippen LogP contribution is -2.43. The molecule has 2 atom stereocenters. The molecule has 3 rings (SSSR count). The lowest BCUT2D eigenvalue weighted by molar-refractivity contribution is 0.0641. The lowest BCUT2D eigenvalue weighted by atomic mass is 9.88. The number of piperidine rings is 1. The van der Waals surface area contributed by atoms with Crippen LogP contribution in [-0.4, -0.2) is 46.8 Å². The zero-order chi connectivity index (χ0) is 13.6. The summed E-state index contributed by atoms with van der Waals surface area (Å²) < 4.78 is 1.80. The molecule has 1 amide bonds. The number of hydrogen-bond acceptors (Lipinski definition) is 3. The number of nitrogens with zero attached hydrogens (tertiary/aromatic N) is 3. The largest absolute Gasteiger partial charge is 0.338 e. The molecule has 3 heterocycles. The van der Waals surface area contributed by atoms with E-state index in [2.05, 4.69) is 10.4 Å². The molecule has 20 heavy (non-hydrogen) atoms. The maximum Gasteiger partial charge on any atom is 0.257 e. The zero-order valence-electron chi connectivity index (χ0n) is 12.3. The van der Waals surface area contributed by atoms with Crippen LogP contribution in [0.4, 0.5) is 0 Å². The second kappa shape index (κ2) is 5.74. The van der Waals surface area contributed by atoms with Crippen molar-refractivity contribution in [3.63, 3.8) is 0 Å². The minimum absolute atomic E-state index is 0. The molecule has 2 saturated heterocycles. The first-order valence-electron chi connectivity index (χ1n) is 7.08. The number of rotatable bonds is 1. The molecule has 2 unspecified atom stereocenters. The number of hydrogen-bond donors (Lipinski definition) is 1.